The molecule has 2 aromatic rings. The Bertz CT molecular complexity index is 812. The number of amides is 2. The molecular weight excluding hydrogens is 356 g/mol. The van der Waals surface area contributed by atoms with Gasteiger partial charge in [-0.25, -0.2) is 0 Å². The lowest BCUT2D eigenvalue weighted by Crippen LogP contribution is -2.28. The van der Waals surface area contributed by atoms with Gasteiger partial charge in [0.05, 0.1) is 6.61 Å². The van der Waals surface area contributed by atoms with Gasteiger partial charge in [-0.1, -0.05) is 39.0 Å². The first-order valence-corrected chi connectivity index (χ1v) is 9.20. The van der Waals surface area contributed by atoms with E-state index < -0.39 is 5.41 Å². The summed E-state index contributed by atoms with van der Waals surface area (Å²) in [6.45, 7) is 6.88. The second kappa shape index (κ2) is 9.90. The third-order valence-corrected chi connectivity index (χ3v) is 3.97. The van der Waals surface area contributed by atoms with E-state index in [0.717, 1.165) is 11.3 Å². The van der Waals surface area contributed by atoms with Gasteiger partial charge in [0.25, 0.3) is 5.91 Å². The molecule has 0 aliphatic heterocycles. The van der Waals surface area contributed by atoms with Crippen molar-refractivity contribution in [3.8, 4) is 5.75 Å². The number of carbonyl (C=O) groups is 2. The smallest absolute Gasteiger partial charge is 0.251 e. The topological polar surface area (TPSA) is 76.7 Å². The summed E-state index contributed by atoms with van der Waals surface area (Å²) in [5.41, 5.74) is 1.51. The van der Waals surface area contributed by atoms with Crippen LogP contribution in [-0.2, 0) is 16.1 Å². The molecule has 0 aliphatic carbocycles. The second-order valence-electron chi connectivity index (χ2n) is 7.46. The zero-order valence-corrected chi connectivity index (χ0v) is 16.9. The maximum absolute atomic E-state index is 12.5. The Labute approximate surface area is 166 Å². The van der Waals surface area contributed by atoms with Crippen LogP contribution < -0.4 is 15.4 Å². The Hall–Kier alpha value is -2.86. The lowest BCUT2D eigenvalue weighted by atomic mass is 9.95. The van der Waals surface area contributed by atoms with Crippen molar-refractivity contribution in [1.82, 2.24) is 5.32 Å². The largest absolute Gasteiger partial charge is 0.491 e. The summed E-state index contributed by atoms with van der Waals surface area (Å²) in [4.78, 5) is 24.6. The summed E-state index contributed by atoms with van der Waals surface area (Å²) in [5.74, 6) is 0.420. The van der Waals surface area contributed by atoms with E-state index in [1.54, 1.807) is 31.4 Å². The molecule has 0 aromatic heterocycles. The number of methoxy groups -OCH3 is 1. The Kier molecular flexibility index (Phi) is 7.58. The molecule has 28 heavy (non-hydrogen) atoms. The van der Waals surface area contributed by atoms with Gasteiger partial charge in [-0.15, -0.1) is 0 Å². The molecular formula is C22H28N2O4. The van der Waals surface area contributed by atoms with E-state index in [1.165, 1.54) is 0 Å². The number of hydrogen-bond acceptors (Lipinski definition) is 4. The van der Waals surface area contributed by atoms with E-state index in [4.69, 9.17) is 9.47 Å². The predicted molar refractivity (Wildman–Crippen MR) is 110 cm³/mol. The Morgan fingerprint density at radius 3 is 2.46 bits per heavy atom. The van der Waals surface area contributed by atoms with Crippen LogP contribution in [-0.4, -0.2) is 32.1 Å². The molecule has 0 aliphatic rings. The number of anilines is 1. The maximum Gasteiger partial charge on any atom is 0.251 e. The standard InChI is InChI=1S/C22H28N2O4/c1-22(2,3)21(26)24-18-9-6-8-17(14-18)20(25)23-15-16-7-5-10-19(13-16)28-12-11-27-4/h5-10,13-14H,11-12,15H2,1-4H3,(H,23,25)(H,24,26). The van der Waals surface area contributed by atoms with Crippen LogP contribution in [0.15, 0.2) is 48.5 Å². The van der Waals surface area contributed by atoms with Crippen molar-refractivity contribution in [3.63, 3.8) is 0 Å². The van der Waals surface area contributed by atoms with Crippen molar-refractivity contribution in [1.29, 1.82) is 0 Å². The fourth-order valence-electron chi connectivity index (χ4n) is 2.33. The van der Waals surface area contributed by atoms with Crippen molar-refractivity contribution >= 4 is 17.5 Å². The number of nitrogens with one attached hydrogen (secondary N) is 2. The molecule has 0 fully saturated rings. The Morgan fingerprint density at radius 1 is 1.00 bits per heavy atom. The normalized spacial score (nSPS) is 11.0. The first-order chi connectivity index (χ1) is 13.3. The number of rotatable bonds is 8. The van der Waals surface area contributed by atoms with Crippen LogP contribution in [0.1, 0.15) is 36.7 Å². The van der Waals surface area contributed by atoms with Crippen molar-refractivity contribution in [2.45, 2.75) is 27.3 Å². The van der Waals surface area contributed by atoms with Gasteiger partial charge >= 0.3 is 0 Å². The van der Waals surface area contributed by atoms with E-state index in [-0.39, 0.29) is 11.8 Å². The van der Waals surface area contributed by atoms with Crippen LogP contribution in [0.2, 0.25) is 0 Å². The van der Waals surface area contributed by atoms with Gasteiger partial charge in [0.2, 0.25) is 5.91 Å². The molecule has 0 bridgehead atoms. The summed E-state index contributed by atoms with van der Waals surface area (Å²) in [6, 6.07) is 14.4. The minimum atomic E-state index is -0.505. The van der Waals surface area contributed by atoms with Gasteiger partial charge in [-0.2, -0.15) is 0 Å². The van der Waals surface area contributed by atoms with Gasteiger partial charge in [-0.3, -0.25) is 9.59 Å². The lowest BCUT2D eigenvalue weighted by Gasteiger charge is -2.18. The summed E-state index contributed by atoms with van der Waals surface area (Å²) in [7, 11) is 1.62. The first-order valence-electron chi connectivity index (χ1n) is 9.20. The molecule has 0 heterocycles. The quantitative estimate of drug-likeness (QED) is 0.682. The summed E-state index contributed by atoms with van der Waals surface area (Å²) in [5, 5.41) is 5.73. The lowest BCUT2D eigenvalue weighted by molar-refractivity contribution is -0.123. The highest BCUT2D eigenvalue weighted by Gasteiger charge is 2.21. The fourth-order valence-corrected chi connectivity index (χ4v) is 2.33. The number of carbonyl (C=O) groups excluding carboxylic acids is 2. The number of hydrogen-bond donors (Lipinski definition) is 2. The van der Waals surface area contributed by atoms with Crippen LogP contribution in [0.5, 0.6) is 5.75 Å². The highest BCUT2D eigenvalue weighted by molar-refractivity contribution is 5.98. The van der Waals surface area contributed by atoms with Crippen molar-refractivity contribution < 1.29 is 19.1 Å². The third-order valence-electron chi connectivity index (χ3n) is 3.97. The van der Waals surface area contributed by atoms with E-state index in [2.05, 4.69) is 10.6 Å². The average molecular weight is 384 g/mol. The molecule has 6 nitrogen and oxygen atoms in total. The van der Waals surface area contributed by atoms with Crippen LogP contribution in [0, 0.1) is 5.41 Å². The van der Waals surface area contributed by atoms with Crippen LogP contribution in [0.25, 0.3) is 0 Å². The van der Waals surface area contributed by atoms with Crippen LogP contribution in [0.4, 0.5) is 5.69 Å². The van der Waals surface area contributed by atoms with E-state index >= 15 is 0 Å². The highest BCUT2D eigenvalue weighted by Crippen LogP contribution is 2.18. The zero-order valence-electron chi connectivity index (χ0n) is 16.9. The molecule has 2 rings (SSSR count). The summed E-state index contributed by atoms with van der Waals surface area (Å²) < 4.78 is 10.5. The number of ether oxygens (including phenoxy) is 2. The third kappa shape index (κ3) is 6.70. The number of benzene rings is 2. The molecule has 0 saturated heterocycles. The Balaban J connectivity index is 1.95. The van der Waals surface area contributed by atoms with Crippen molar-refractivity contribution in [3.05, 3.63) is 59.7 Å². The van der Waals surface area contributed by atoms with E-state index in [0.29, 0.717) is 31.0 Å². The molecule has 0 unspecified atom stereocenters. The van der Waals surface area contributed by atoms with Gasteiger partial charge < -0.3 is 20.1 Å². The fraction of sp³-hybridized carbons (Fsp3) is 0.364. The molecule has 2 N–H and O–H groups in total. The summed E-state index contributed by atoms with van der Waals surface area (Å²) >= 11 is 0. The molecule has 2 amide bonds. The molecule has 2 aromatic carbocycles. The van der Waals surface area contributed by atoms with Gasteiger partial charge in [0.1, 0.15) is 12.4 Å². The molecule has 0 saturated carbocycles. The Morgan fingerprint density at radius 2 is 1.75 bits per heavy atom. The minimum absolute atomic E-state index is 0.102. The molecule has 0 radical (unpaired) electrons. The van der Waals surface area contributed by atoms with E-state index in [1.807, 2.05) is 45.0 Å². The zero-order chi connectivity index (χ0) is 20.6. The monoisotopic (exact) mass is 384 g/mol. The van der Waals surface area contributed by atoms with Crippen LogP contribution in [0.3, 0.4) is 0 Å². The second-order valence-corrected chi connectivity index (χ2v) is 7.46. The molecule has 0 atom stereocenters. The van der Waals surface area contributed by atoms with Gasteiger partial charge in [0.15, 0.2) is 0 Å². The summed E-state index contributed by atoms with van der Waals surface area (Å²) in [6.07, 6.45) is 0. The predicted octanol–water partition coefficient (Wildman–Crippen LogP) is 3.63. The SMILES string of the molecule is COCCOc1cccc(CNC(=O)c2cccc(NC(=O)C(C)(C)C)c2)c1. The van der Waals surface area contributed by atoms with E-state index in [9.17, 15) is 9.59 Å². The van der Waals surface area contributed by atoms with Crippen molar-refractivity contribution in [2.75, 3.05) is 25.6 Å². The maximum atomic E-state index is 12.5. The molecule has 6 heteroatoms. The van der Waals surface area contributed by atoms with Crippen molar-refractivity contribution in [2.24, 2.45) is 5.41 Å². The average Bonchev–Trinajstić information content (AvgIpc) is 2.66. The minimum Gasteiger partial charge on any atom is -0.491 e. The van der Waals surface area contributed by atoms with Gasteiger partial charge in [-0.05, 0) is 35.9 Å². The molecule has 0 spiro atoms. The molecule has 150 valence electrons. The highest BCUT2D eigenvalue weighted by atomic mass is 16.5. The first kappa shape index (κ1) is 21.4. The van der Waals surface area contributed by atoms with Crippen LogP contribution >= 0.6 is 0 Å². The van der Waals surface area contributed by atoms with Gasteiger partial charge in [0, 0.05) is 30.3 Å².